The molecule has 0 saturated carbocycles. The molecule has 0 aliphatic carbocycles. The van der Waals surface area contributed by atoms with Crippen LogP contribution in [-0.4, -0.2) is 69.4 Å². The molecular weight excluding hydrogens is 420 g/mol. The minimum atomic E-state index is -0.561. The van der Waals surface area contributed by atoms with Crippen molar-refractivity contribution in [3.63, 3.8) is 0 Å². The van der Waals surface area contributed by atoms with Crippen LogP contribution in [0.2, 0.25) is 0 Å². The number of terminal acetylenes is 1. The van der Waals surface area contributed by atoms with Crippen molar-refractivity contribution in [2.75, 3.05) is 37.7 Å². The Morgan fingerprint density at radius 2 is 2.09 bits per heavy atom. The fraction of sp³-hybridized carbons (Fsp3) is 0.333. The third-order valence-electron chi connectivity index (χ3n) is 5.69. The zero-order chi connectivity index (χ0) is 23.4. The van der Waals surface area contributed by atoms with E-state index >= 15 is 0 Å². The summed E-state index contributed by atoms with van der Waals surface area (Å²) < 4.78 is 7.37. The number of carbonyl (C=O) groups excluding carboxylic acids is 1. The molecule has 1 saturated heterocycles. The smallest absolute Gasteiger partial charge is 0.298 e. The van der Waals surface area contributed by atoms with Crippen LogP contribution in [0.3, 0.4) is 0 Å². The van der Waals surface area contributed by atoms with E-state index in [4.69, 9.17) is 11.2 Å². The first-order chi connectivity index (χ1) is 16.0. The number of aromatic nitrogens is 3. The van der Waals surface area contributed by atoms with Gasteiger partial charge in [-0.05, 0) is 30.5 Å². The highest BCUT2D eigenvalue weighted by molar-refractivity contribution is 5.93. The number of aliphatic hydroxyl groups excluding tert-OH is 1. The standard InChI is InChI=1S/C24H24N6O3/c1-3-19(31)16-33-20-11-21(24-18(12-25)14-27-30(24)15-20)17-5-6-22(26-13-17)28-7-9-29(10-8-28)23(32)4-2/h2,5-6,11,13-15,19,31H,3,7-10,16H2,1H3/t19-/m0/s1. The molecule has 0 bridgehead atoms. The fourth-order valence-electron chi connectivity index (χ4n) is 3.75. The summed E-state index contributed by atoms with van der Waals surface area (Å²) in [7, 11) is 0. The molecule has 1 aliphatic rings. The largest absolute Gasteiger partial charge is 0.489 e. The Labute approximate surface area is 191 Å². The minimum Gasteiger partial charge on any atom is -0.489 e. The first-order valence-corrected chi connectivity index (χ1v) is 10.7. The third kappa shape index (κ3) is 4.59. The van der Waals surface area contributed by atoms with Gasteiger partial charge < -0.3 is 19.6 Å². The Balaban J connectivity index is 1.60. The molecule has 0 radical (unpaired) electrons. The van der Waals surface area contributed by atoms with E-state index in [9.17, 15) is 15.2 Å². The number of fused-ring (bicyclic) bond motifs is 1. The maximum Gasteiger partial charge on any atom is 0.298 e. The Morgan fingerprint density at radius 1 is 1.30 bits per heavy atom. The van der Waals surface area contributed by atoms with Crippen LogP contribution in [0.1, 0.15) is 18.9 Å². The summed E-state index contributed by atoms with van der Waals surface area (Å²) in [4.78, 5) is 20.1. The number of nitriles is 1. The maximum atomic E-state index is 11.7. The lowest BCUT2D eigenvalue weighted by molar-refractivity contribution is -0.125. The first-order valence-electron chi connectivity index (χ1n) is 10.7. The summed E-state index contributed by atoms with van der Waals surface area (Å²) in [5.74, 6) is 3.21. The van der Waals surface area contributed by atoms with Crippen LogP contribution in [0.5, 0.6) is 5.75 Å². The summed E-state index contributed by atoms with van der Waals surface area (Å²) in [6, 6.07) is 7.87. The number of hydrogen-bond acceptors (Lipinski definition) is 7. The predicted molar refractivity (Wildman–Crippen MR) is 123 cm³/mol. The molecule has 1 amide bonds. The molecule has 0 unspecified atom stereocenters. The molecule has 33 heavy (non-hydrogen) atoms. The first kappa shape index (κ1) is 22.1. The van der Waals surface area contributed by atoms with Gasteiger partial charge in [0, 0.05) is 43.5 Å². The van der Waals surface area contributed by atoms with Gasteiger partial charge in [0.15, 0.2) is 0 Å². The molecule has 9 heteroatoms. The number of piperazine rings is 1. The van der Waals surface area contributed by atoms with E-state index in [2.05, 4.69) is 27.0 Å². The number of aliphatic hydroxyl groups is 1. The topological polar surface area (TPSA) is 107 Å². The van der Waals surface area contributed by atoms with E-state index in [1.165, 1.54) is 6.20 Å². The van der Waals surface area contributed by atoms with E-state index in [0.29, 0.717) is 49.4 Å². The van der Waals surface area contributed by atoms with Crippen LogP contribution in [0.25, 0.3) is 16.6 Å². The van der Waals surface area contributed by atoms with Crippen LogP contribution < -0.4 is 9.64 Å². The zero-order valence-electron chi connectivity index (χ0n) is 18.3. The van der Waals surface area contributed by atoms with Gasteiger partial charge in [-0.1, -0.05) is 6.92 Å². The average molecular weight is 444 g/mol. The molecule has 1 atom stereocenters. The SMILES string of the molecule is C#CC(=O)N1CCN(c2ccc(-c3cc(OC[C@@H](O)CC)cn4ncc(C#N)c34)cn2)CC1. The van der Waals surface area contributed by atoms with E-state index in [-0.39, 0.29) is 12.5 Å². The van der Waals surface area contributed by atoms with E-state index < -0.39 is 6.10 Å². The molecule has 1 fully saturated rings. The van der Waals surface area contributed by atoms with Gasteiger partial charge in [-0.2, -0.15) is 10.4 Å². The molecule has 1 N–H and O–H groups in total. The molecule has 0 spiro atoms. The monoisotopic (exact) mass is 444 g/mol. The zero-order valence-corrected chi connectivity index (χ0v) is 18.3. The van der Waals surface area contributed by atoms with Crippen molar-refractivity contribution < 1.29 is 14.6 Å². The van der Waals surface area contributed by atoms with Gasteiger partial charge in [0.1, 0.15) is 24.2 Å². The highest BCUT2D eigenvalue weighted by atomic mass is 16.5. The van der Waals surface area contributed by atoms with E-state index in [0.717, 1.165) is 16.9 Å². The molecule has 168 valence electrons. The molecule has 0 aromatic carbocycles. The number of rotatable bonds is 6. The van der Waals surface area contributed by atoms with Crippen molar-refractivity contribution in [2.45, 2.75) is 19.4 Å². The Kier molecular flexibility index (Phi) is 6.43. The van der Waals surface area contributed by atoms with Crippen LogP contribution in [0, 0.1) is 23.7 Å². The van der Waals surface area contributed by atoms with Crippen LogP contribution in [-0.2, 0) is 4.79 Å². The molecule has 4 heterocycles. The van der Waals surface area contributed by atoms with Gasteiger partial charge in [0.05, 0.1) is 29.6 Å². The second kappa shape index (κ2) is 9.60. The highest BCUT2D eigenvalue weighted by Crippen LogP contribution is 2.31. The number of hydrogen-bond donors (Lipinski definition) is 1. The Hall–Kier alpha value is -4.08. The predicted octanol–water partition coefficient (Wildman–Crippen LogP) is 1.70. The minimum absolute atomic E-state index is 0.166. The Bertz CT molecular complexity index is 1230. The summed E-state index contributed by atoms with van der Waals surface area (Å²) >= 11 is 0. The number of amides is 1. The lowest BCUT2D eigenvalue weighted by Crippen LogP contribution is -2.48. The Morgan fingerprint density at radius 3 is 2.73 bits per heavy atom. The average Bonchev–Trinajstić information content (AvgIpc) is 3.29. The molecular formula is C24H24N6O3. The van der Waals surface area contributed by atoms with Crippen molar-refractivity contribution in [3.8, 4) is 35.3 Å². The van der Waals surface area contributed by atoms with Gasteiger partial charge in [0.25, 0.3) is 5.91 Å². The molecule has 3 aromatic heterocycles. The van der Waals surface area contributed by atoms with Crippen molar-refractivity contribution in [1.82, 2.24) is 19.5 Å². The van der Waals surface area contributed by atoms with Crippen molar-refractivity contribution >= 4 is 17.2 Å². The van der Waals surface area contributed by atoms with E-state index in [1.54, 1.807) is 21.8 Å². The summed E-state index contributed by atoms with van der Waals surface area (Å²) in [5, 5.41) is 23.7. The normalized spacial score (nSPS) is 14.5. The highest BCUT2D eigenvalue weighted by Gasteiger charge is 2.21. The molecule has 1 aliphatic heterocycles. The lowest BCUT2D eigenvalue weighted by Gasteiger charge is -2.34. The number of ether oxygens (including phenoxy) is 1. The van der Waals surface area contributed by atoms with Gasteiger partial charge in [-0.25, -0.2) is 9.50 Å². The van der Waals surface area contributed by atoms with Gasteiger partial charge in [-0.3, -0.25) is 4.79 Å². The second-order valence-corrected chi connectivity index (χ2v) is 7.75. The fourth-order valence-corrected chi connectivity index (χ4v) is 3.75. The maximum absolute atomic E-state index is 11.7. The van der Waals surface area contributed by atoms with Crippen LogP contribution in [0.15, 0.2) is 36.8 Å². The van der Waals surface area contributed by atoms with Crippen molar-refractivity contribution in [1.29, 1.82) is 5.26 Å². The van der Waals surface area contributed by atoms with Gasteiger partial charge in [0.2, 0.25) is 0 Å². The quantitative estimate of drug-likeness (QED) is 0.577. The summed E-state index contributed by atoms with van der Waals surface area (Å²) in [5.41, 5.74) is 2.68. The number of nitrogens with zero attached hydrogens (tertiary/aromatic N) is 6. The molecule has 9 nitrogen and oxygen atoms in total. The van der Waals surface area contributed by atoms with Crippen molar-refractivity contribution in [2.24, 2.45) is 0 Å². The molecule has 3 aromatic rings. The number of anilines is 1. The third-order valence-corrected chi connectivity index (χ3v) is 5.69. The summed E-state index contributed by atoms with van der Waals surface area (Å²) in [6.45, 7) is 4.45. The van der Waals surface area contributed by atoms with Gasteiger partial charge >= 0.3 is 0 Å². The second-order valence-electron chi connectivity index (χ2n) is 7.75. The number of carbonyl (C=O) groups is 1. The van der Waals surface area contributed by atoms with Crippen LogP contribution >= 0.6 is 0 Å². The van der Waals surface area contributed by atoms with Crippen LogP contribution in [0.4, 0.5) is 5.82 Å². The van der Waals surface area contributed by atoms with Gasteiger partial charge in [-0.15, -0.1) is 6.42 Å². The molecule has 4 rings (SSSR count). The van der Waals surface area contributed by atoms with Crippen molar-refractivity contribution in [3.05, 3.63) is 42.4 Å². The lowest BCUT2D eigenvalue weighted by atomic mass is 10.1. The number of pyridine rings is 2. The van der Waals surface area contributed by atoms with E-state index in [1.807, 2.05) is 25.1 Å². The summed E-state index contributed by atoms with van der Waals surface area (Å²) in [6.07, 6.45) is 10.2.